The molecule has 6 nitrogen and oxygen atoms in total. The molecule has 3 heterocycles. The normalized spacial score (nSPS) is 19.4. The van der Waals surface area contributed by atoms with Crippen LogP contribution in [0.1, 0.15) is 19.7 Å². The number of nitrogens with one attached hydrogen (secondary N) is 1. The Morgan fingerprint density at radius 2 is 1.96 bits per heavy atom. The van der Waals surface area contributed by atoms with Crippen molar-refractivity contribution in [1.82, 2.24) is 19.6 Å². The van der Waals surface area contributed by atoms with Crippen molar-refractivity contribution >= 4 is 47.4 Å². The lowest BCUT2D eigenvalue weighted by atomic mass is 9.88. The molecule has 1 atom stereocenters. The zero-order valence-corrected chi connectivity index (χ0v) is 16.0. The summed E-state index contributed by atoms with van der Waals surface area (Å²) in [4.78, 5) is 21.3. The first kappa shape index (κ1) is 20.4. The third-order valence-electron chi connectivity index (χ3n) is 4.55. The molecule has 3 rings (SSSR count). The molecule has 132 valence electrons. The van der Waals surface area contributed by atoms with E-state index in [1.807, 2.05) is 4.90 Å². The fraction of sp³-hybridized carbons (Fsp3) is 0.786. The van der Waals surface area contributed by atoms with E-state index in [0.29, 0.717) is 11.8 Å². The van der Waals surface area contributed by atoms with E-state index >= 15 is 0 Å². The van der Waals surface area contributed by atoms with E-state index in [1.54, 1.807) is 0 Å². The number of carbonyl (C=O) groups excluding carboxylic acids is 1. The smallest absolute Gasteiger partial charge is 0.225 e. The standard InChI is InChI=1S/C14H23N5OS.2ClH/c1-3-12-16-14(21-17-12)19-6-4-18(5-7-19)13(20)10(2)11-8-15-9-11;;/h10-11,15H,3-9H2,1-2H3;2*1H. The number of carbonyl (C=O) groups is 1. The molecule has 2 fully saturated rings. The number of nitrogens with zero attached hydrogens (tertiary/aromatic N) is 4. The van der Waals surface area contributed by atoms with Crippen molar-refractivity contribution < 1.29 is 4.79 Å². The number of aryl methyl sites for hydroxylation is 1. The van der Waals surface area contributed by atoms with E-state index in [4.69, 9.17) is 0 Å². The Morgan fingerprint density at radius 1 is 1.30 bits per heavy atom. The van der Waals surface area contributed by atoms with Gasteiger partial charge in [-0.05, 0) is 19.0 Å². The molecule has 9 heteroatoms. The van der Waals surface area contributed by atoms with Crippen molar-refractivity contribution in [2.75, 3.05) is 44.2 Å². The number of amides is 1. The zero-order chi connectivity index (χ0) is 14.8. The second-order valence-electron chi connectivity index (χ2n) is 5.87. The van der Waals surface area contributed by atoms with Crippen LogP contribution in [0, 0.1) is 11.8 Å². The molecule has 0 saturated carbocycles. The number of halogens is 2. The lowest BCUT2D eigenvalue weighted by Gasteiger charge is -2.39. The summed E-state index contributed by atoms with van der Waals surface area (Å²) >= 11 is 1.47. The summed E-state index contributed by atoms with van der Waals surface area (Å²) in [5.41, 5.74) is 0. The molecule has 1 unspecified atom stereocenters. The quantitative estimate of drug-likeness (QED) is 0.854. The number of hydrogen-bond acceptors (Lipinski definition) is 6. The van der Waals surface area contributed by atoms with E-state index in [0.717, 1.165) is 56.6 Å². The predicted octanol–water partition coefficient (Wildman–Crippen LogP) is 1.45. The molecule has 0 bridgehead atoms. The summed E-state index contributed by atoms with van der Waals surface area (Å²) in [5.74, 6) is 1.89. The van der Waals surface area contributed by atoms with Gasteiger partial charge in [0.15, 0.2) is 0 Å². The summed E-state index contributed by atoms with van der Waals surface area (Å²) in [5, 5.41) is 4.24. The van der Waals surface area contributed by atoms with Crippen LogP contribution in [0.3, 0.4) is 0 Å². The van der Waals surface area contributed by atoms with Crippen LogP contribution in [0.2, 0.25) is 0 Å². The lowest BCUT2D eigenvalue weighted by molar-refractivity contribution is -0.137. The van der Waals surface area contributed by atoms with Gasteiger partial charge in [0.05, 0.1) is 0 Å². The Bertz CT molecular complexity index is 503. The topological polar surface area (TPSA) is 61.4 Å². The van der Waals surface area contributed by atoms with Crippen molar-refractivity contribution in [3.63, 3.8) is 0 Å². The molecule has 1 aromatic heterocycles. The van der Waals surface area contributed by atoms with E-state index in [-0.39, 0.29) is 30.7 Å². The molecular weight excluding hydrogens is 357 g/mol. The van der Waals surface area contributed by atoms with E-state index in [1.165, 1.54) is 11.5 Å². The maximum Gasteiger partial charge on any atom is 0.225 e. The van der Waals surface area contributed by atoms with Crippen molar-refractivity contribution in [2.24, 2.45) is 11.8 Å². The second-order valence-corrected chi connectivity index (χ2v) is 6.60. The predicted molar refractivity (Wildman–Crippen MR) is 98.1 cm³/mol. The van der Waals surface area contributed by atoms with Gasteiger partial charge in [-0.3, -0.25) is 4.79 Å². The van der Waals surface area contributed by atoms with Crippen molar-refractivity contribution in [2.45, 2.75) is 20.3 Å². The molecular formula is C14H25Cl2N5OS. The van der Waals surface area contributed by atoms with Crippen molar-refractivity contribution in [3.05, 3.63) is 5.82 Å². The average molecular weight is 382 g/mol. The Hall–Kier alpha value is -0.630. The first-order chi connectivity index (χ1) is 10.2. The monoisotopic (exact) mass is 381 g/mol. The number of hydrogen-bond donors (Lipinski definition) is 1. The molecule has 0 radical (unpaired) electrons. The molecule has 2 saturated heterocycles. The van der Waals surface area contributed by atoms with Gasteiger partial charge in [0.25, 0.3) is 0 Å². The second kappa shape index (κ2) is 9.01. The van der Waals surface area contributed by atoms with E-state index in [2.05, 4.69) is 33.4 Å². The fourth-order valence-corrected chi connectivity index (χ4v) is 3.59. The van der Waals surface area contributed by atoms with E-state index in [9.17, 15) is 4.79 Å². The highest BCUT2D eigenvalue weighted by Gasteiger charge is 2.33. The van der Waals surface area contributed by atoms with Gasteiger partial charge in [-0.15, -0.1) is 24.8 Å². The van der Waals surface area contributed by atoms with Crippen molar-refractivity contribution in [3.8, 4) is 0 Å². The third kappa shape index (κ3) is 4.47. The number of rotatable bonds is 4. The summed E-state index contributed by atoms with van der Waals surface area (Å²) in [7, 11) is 0. The van der Waals surface area contributed by atoms with Crippen molar-refractivity contribution in [1.29, 1.82) is 0 Å². The highest BCUT2D eigenvalue weighted by molar-refractivity contribution is 7.09. The number of piperazine rings is 1. The van der Waals surface area contributed by atoms with Gasteiger partial charge in [-0.2, -0.15) is 4.37 Å². The minimum atomic E-state index is 0. The van der Waals surface area contributed by atoms with Gasteiger partial charge in [0.2, 0.25) is 11.0 Å². The Balaban J connectivity index is 0.00000132. The largest absolute Gasteiger partial charge is 0.343 e. The SMILES string of the molecule is CCc1nsc(N2CCN(C(=O)C(C)C3CNC3)CC2)n1.Cl.Cl. The maximum atomic E-state index is 12.5. The van der Waals surface area contributed by atoms with Crippen LogP contribution in [-0.4, -0.2) is 59.4 Å². The zero-order valence-electron chi connectivity index (χ0n) is 13.5. The van der Waals surface area contributed by atoms with Crippen LogP contribution in [0.25, 0.3) is 0 Å². The number of anilines is 1. The minimum Gasteiger partial charge on any atom is -0.343 e. The molecule has 1 N–H and O–H groups in total. The van der Waals surface area contributed by atoms with Gasteiger partial charge < -0.3 is 15.1 Å². The Morgan fingerprint density at radius 3 is 2.43 bits per heavy atom. The fourth-order valence-electron chi connectivity index (χ4n) is 2.79. The molecule has 0 aliphatic carbocycles. The highest BCUT2D eigenvalue weighted by Crippen LogP contribution is 2.22. The minimum absolute atomic E-state index is 0. The first-order valence-corrected chi connectivity index (χ1v) is 8.53. The molecule has 1 aromatic rings. The van der Waals surface area contributed by atoms with Crippen LogP contribution >= 0.6 is 36.3 Å². The van der Waals surface area contributed by atoms with Crippen LogP contribution in [0.5, 0.6) is 0 Å². The van der Waals surface area contributed by atoms with Gasteiger partial charge >= 0.3 is 0 Å². The lowest BCUT2D eigenvalue weighted by Crippen LogP contribution is -2.54. The van der Waals surface area contributed by atoms with Crippen LogP contribution in [-0.2, 0) is 11.2 Å². The molecule has 1 amide bonds. The van der Waals surface area contributed by atoms with Crippen LogP contribution < -0.4 is 10.2 Å². The highest BCUT2D eigenvalue weighted by atomic mass is 35.5. The molecule has 2 aliphatic rings. The van der Waals surface area contributed by atoms with Crippen LogP contribution in [0.4, 0.5) is 5.13 Å². The Labute approximate surface area is 154 Å². The summed E-state index contributed by atoms with van der Waals surface area (Å²) in [6, 6.07) is 0. The first-order valence-electron chi connectivity index (χ1n) is 7.76. The maximum absolute atomic E-state index is 12.5. The van der Waals surface area contributed by atoms with Gasteiger partial charge in [-0.25, -0.2) is 4.98 Å². The summed E-state index contributed by atoms with van der Waals surface area (Å²) in [6.45, 7) is 9.42. The molecule has 0 spiro atoms. The Kier molecular flexibility index (Phi) is 8.00. The van der Waals surface area contributed by atoms with Gasteiger partial charge in [0, 0.05) is 50.1 Å². The van der Waals surface area contributed by atoms with E-state index < -0.39 is 0 Å². The third-order valence-corrected chi connectivity index (χ3v) is 5.36. The molecule has 0 aromatic carbocycles. The average Bonchev–Trinajstić information content (AvgIpc) is 2.93. The van der Waals surface area contributed by atoms with Crippen LogP contribution in [0.15, 0.2) is 0 Å². The molecule has 23 heavy (non-hydrogen) atoms. The summed E-state index contributed by atoms with van der Waals surface area (Å²) < 4.78 is 4.34. The van der Waals surface area contributed by atoms with Gasteiger partial charge in [-0.1, -0.05) is 13.8 Å². The van der Waals surface area contributed by atoms with Gasteiger partial charge in [0.1, 0.15) is 5.82 Å². The number of aromatic nitrogens is 2. The molecule has 2 aliphatic heterocycles. The summed E-state index contributed by atoms with van der Waals surface area (Å²) in [6.07, 6.45) is 0.877.